The standard InChI is InChI=1S/C11H8F2S/c1-7-4-9-5-8(6-11(12)13)2-3-10(9)14-7/h2-6H,1H3. The van der Waals surface area contributed by atoms with E-state index < -0.39 is 6.08 Å². The Morgan fingerprint density at radius 3 is 2.79 bits per heavy atom. The molecule has 0 saturated heterocycles. The summed E-state index contributed by atoms with van der Waals surface area (Å²) in [4.78, 5) is 1.20. The van der Waals surface area contributed by atoms with Gasteiger partial charge >= 0.3 is 0 Å². The minimum atomic E-state index is -1.66. The van der Waals surface area contributed by atoms with Gasteiger partial charge in [0, 0.05) is 15.7 Å². The normalized spacial score (nSPS) is 10.5. The molecule has 0 amide bonds. The van der Waals surface area contributed by atoms with E-state index in [-0.39, 0.29) is 0 Å². The Hall–Kier alpha value is -1.22. The molecule has 0 nitrogen and oxygen atoms in total. The van der Waals surface area contributed by atoms with Crippen LogP contribution in [0.25, 0.3) is 16.2 Å². The third-order valence-corrected chi connectivity index (χ3v) is 2.97. The van der Waals surface area contributed by atoms with Crippen molar-refractivity contribution in [3.63, 3.8) is 0 Å². The van der Waals surface area contributed by atoms with Crippen LogP contribution < -0.4 is 0 Å². The van der Waals surface area contributed by atoms with Crippen LogP contribution >= 0.6 is 11.3 Å². The van der Waals surface area contributed by atoms with Gasteiger partial charge in [-0.05, 0) is 36.1 Å². The molecule has 1 aromatic heterocycles. The summed E-state index contributed by atoms with van der Waals surface area (Å²) in [5, 5.41) is 1.03. The summed E-state index contributed by atoms with van der Waals surface area (Å²) in [5.74, 6) is 0. The third kappa shape index (κ3) is 1.82. The van der Waals surface area contributed by atoms with Gasteiger partial charge in [0.05, 0.1) is 0 Å². The Morgan fingerprint density at radius 2 is 2.07 bits per heavy atom. The topological polar surface area (TPSA) is 0 Å². The molecule has 0 fully saturated rings. The number of rotatable bonds is 1. The molecule has 1 aromatic carbocycles. The Morgan fingerprint density at radius 1 is 1.29 bits per heavy atom. The molecular weight excluding hydrogens is 202 g/mol. The molecule has 0 aliphatic heterocycles. The molecule has 2 rings (SSSR count). The predicted octanol–water partition coefficient (Wildman–Crippen LogP) is 4.45. The lowest BCUT2D eigenvalue weighted by Gasteiger charge is -1.92. The zero-order chi connectivity index (χ0) is 10.1. The molecule has 0 aliphatic rings. The molecule has 0 unspecified atom stereocenters. The average Bonchev–Trinajstić information content (AvgIpc) is 2.42. The first-order chi connectivity index (χ1) is 6.65. The number of hydrogen-bond donors (Lipinski definition) is 0. The van der Waals surface area contributed by atoms with Gasteiger partial charge in [-0.2, -0.15) is 8.78 Å². The molecule has 0 spiro atoms. The molecule has 0 atom stereocenters. The second kappa shape index (κ2) is 3.50. The van der Waals surface area contributed by atoms with Gasteiger partial charge in [-0.25, -0.2) is 0 Å². The maximum Gasteiger partial charge on any atom is 0.270 e. The average molecular weight is 210 g/mol. The highest BCUT2D eigenvalue weighted by Crippen LogP contribution is 2.26. The van der Waals surface area contributed by atoms with E-state index in [1.54, 1.807) is 23.5 Å². The molecule has 0 aliphatic carbocycles. The van der Waals surface area contributed by atoms with Gasteiger partial charge in [0.15, 0.2) is 0 Å². The fraction of sp³-hybridized carbons (Fsp3) is 0.0909. The molecule has 0 N–H and O–H groups in total. The summed E-state index contributed by atoms with van der Waals surface area (Å²) in [6, 6.07) is 7.37. The largest absolute Gasteiger partial charge is 0.270 e. The lowest BCUT2D eigenvalue weighted by molar-refractivity contribution is 0.429. The quantitative estimate of drug-likeness (QED) is 0.652. The zero-order valence-electron chi connectivity index (χ0n) is 7.55. The first-order valence-electron chi connectivity index (χ1n) is 4.18. The maximum atomic E-state index is 12.0. The maximum absolute atomic E-state index is 12.0. The molecule has 3 heteroatoms. The lowest BCUT2D eigenvalue weighted by atomic mass is 10.1. The number of benzene rings is 1. The first kappa shape index (κ1) is 9.34. The van der Waals surface area contributed by atoms with E-state index in [2.05, 4.69) is 0 Å². The Balaban J connectivity index is 2.56. The number of halogens is 2. The Labute approximate surface area is 84.5 Å². The summed E-state index contributed by atoms with van der Waals surface area (Å²) in [5.41, 5.74) is 0.551. The number of thiophene rings is 1. The number of aryl methyl sites for hydroxylation is 1. The van der Waals surface area contributed by atoms with Crippen molar-refractivity contribution in [2.75, 3.05) is 0 Å². The van der Waals surface area contributed by atoms with Gasteiger partial charge in [0.2, 0.25) is 0 Å². The van der Waals surface area contributed by atoms with Crippen LogP contribution in [0.3, 0.4) is 0 Å². The summed E-state index contributed by atoms with van der Waals surface area (Å²) in [6.07, 6.45) is -0.775. The van der Waals surface area contributed by atoms with E-state index in [4.69, 9.17) is 0 Å². The molecule has 14 heavy (non-hydrogen) atoms. The third-order valence-electron chi connectivity index (χ3n) is 1.94. The summed E-state index contributed by atoms with van der Waals surface area (Å²) >= 11 is 1.67. The van der Waals surface area contributed by atoms with Gasteiger partial charge in [-0.1, -0.05) is 6.07 Å². The van der Waals surface area contributed by atoms with Gasteiger partial charge in [-0.15, -0.1) is 11.3 Å². The van der Waals surface area contributed by atoms with Crippen molar-refractivity contribution in [1.82, 2.24) is 0 Å². The minimum Gasteiger partial charge on any atom is -0.173 e. The molecular formula is C11H8F2S. The van der Waals surface area contributed by atoms with E-state index in [9.17, 15) is 8.78 Å². The van der Waals surface area contributed by atoms with E-state index in [1.807, 2.05) is 19.1 Å². The highest BCUT2D eigenvalue weighted by atomic mass is 32.1. The SMILES string of the molecule is Cc1cc2cc(C=C(F)F)ccc2s1. The van der Waals surface area contributed by atoms with Gasteiger partial charge in [-0.3, -0.25) is 0 Å². The summed E-state index contributed by atoms with van der Waals surface area (Å²) < 4.78 is 25.1. The van der Waals surface area contributed by atoms with Crippen LogP contribution in [-0.2, 0) is 0 Å². The number of hydrogen-bond acceptors (Lipinski definition) is 1. The monoisotopic (exact) mass is 210 g/mol. The fourth-order valence-corrected chi connectivity index (χ4v) is 2.31. The predicted molar refractivity (Wildman–Crippen MR) is 56.8 cm³/mol. The first-order valence-corrected chi connectivity index (χ1v) is 5.00. The van der Waals surface area contributed by atoms with Gasteiger partial charge in [0.1, 0.15) is 0 Å². The minimum absolute atomic E-state index is 0.551. The van der Waals surface area contributed by atoms with Gasteiger partial charge in [0.25, 0.3) is 6.08 Å². The van der Waals surface area contributed by atoms with Crippen LogP contribution in [0.2, 0.25) is 0 Å². The Bertz CT molecular complexity index is 493. The van der Waals surface area contributed by atoms with Crippen molar-refractivity contribution in [1.29, 1.82) is 0 Å². The smallest absolute Gasteiger partial charge is 0.173 e. The van der Waals surface area contributed by atoms with Crippen molar-refractivity contribution in [2.45, 2.75) is 6.92 Å². The van der Waals surface area contributed by atoms with Crippen molar-refractivity contribution < 1.29 is 8.78 Å². The van der Waals surface area contributed by atoms with Crippen molar-refractivity contribution in [2.24, 2.45) is 0 Å². The van der Waals surface area contributed by atoms with Crippen LogP contribution in [0, 0.1) is 6.92 Å². The van der Waals surface area contributed by atoms with E-state index in [0.29, 0.717) is 5.56 Å². The van der Waals surface area contributed by atoms with E-state index in [1.165, 1.54) is 4.88 Å². The Kier molecular flexibility index (Phi) is 2.33. The van der Waals surface area contributed by atoms with Crippen LogP contribution in [-0.4, -0.2) is 0 Å². The van der Waals surface area contributed by atoms with Gasteiger partial charge < -0.3 is 0 Å². The fourth-order valence-electron chi connectivity index (χ4n) is 1.41. The summed E-state index contributed by atoms with van der Waals surface area (Å²) in [6.45, 7) is 2.01. The van der Waals surface area contributed by atoms with E-state index >= 15 is 0 Å². The molecule has 72 valence electrons. The van der Waals surface area contributed by atoms with Crippen molar-refractivity contribution >= 4 is 27.5 Å². The molecule has 0 saturated carbocycles. The molecule has 1 heterocycles. The number of fused-ring (bicyclic) bond motifs is 1. The summed E-state index contributed by atoms with van der Waals surface area (Å²) in [7, 11) is 0. The van der Waals surface area contributed by atoms with Crippen LogP contribution in [0.5, 0.6) is 0 Å². The molecule has 0 radical (unpaired) electrons. The lowest BCUT2D eigenvalue weighted by Crippen LogP contribution is -1.71. The second-order valence-electron chi connectivity index (χ2n) is 3.09. The second-order valence-corrected chi connectivity index (χ2v) is 4.38. The van der Waals surface area contributed by atoms with Crippen molar-refractivity contribution in [3.8, 4) is 0 Å². The van der Waals surface area contributed by atoms with Crippen LogP contribution in [0.4, 0.5) is 8.78 Å². The molecule has 2 aromatic rings. The van der Waals surface area contributed by atoms with Crippen LogP contribution in [0.1, 0.15) is 10.4 Å². The molecule has 0 bridgehead atoms. The zero-order valence-corrected chi connectivity index (χ0v) is 8.37. The van der Waals surface area contributed by atoms with Crippen molar-refractivity contribution in [3.05, 3.63) is 40.8 Å². The highest BCUT2D eigenvalue weighted by molar-refractivity contribution is 7.19. The van der Waals surface area contributed by atoms with E-state index in [0.717, 1.165) is 16.2 Å². The highest BCUT2D eigenvalue weighted by Gasteiger charge is 1.99. The van der Waals surface area contributed by atoms with Crippen LogP contribution in [0.15, 0.2) is 30.3 Å².